The van der Waals surface area contributed by atoms with E-state index in [0.29, 0.717) is 6.42 Å². The number of allylic oxidation sites excluding steroid dienone is 2. The van der Waals surface area contributed by atoms with E-state index in [1.165, 1.54) is 6.08 Å². The highest BCUT2D eigenvalue weighted by Crippen LogP contribution is 2.23. The van der Waals surface area contributed by atoms with Gasteiger partial charge in [0.2, 0.25) is 0 Å². The molecule has 1 unspecified atom stereocenters. The minimum atomic E-state index is -0.312. The lowest BCUT2D eigenvalue weighted by atomic mass is 9.87. The Hall–Kier alpha value is -0.810. The molecular formula is C9H15NO. The van der Waals surface area contributed by atoms with Gasteiger partial charge in [-0.2, -0.15) is 5.26 Å². The zero-order valence-electron chi connectivity index (χ0n) is 7.33. The van der Waals surface area contributed by atoms with E-state index in [1.54, 1.807) is 6.92 Å². The Balaban J connectivity index is 4.02. The number of hydrogen-bond acceptors (Lipinski definition) is 2. The Morgan fingerprint density at radius 3 is 2.55 bits per heavy atom. The highest BCUT2D eigenvalue weighted by molar-refractivity contribution is 5.07. The second-order valence-corrected chi connectivity index (χ2v) is 3.50. The van der Waals surface area contributed by atoms with Crippen LogP contribution in [0.3, 0.4) is 0 Å². The number of nitrogens with zero attached hydrogens (tertiary/aromatic N) is 1. The van der Waals surface area contributed by atoms with Gasteiger partial charge in [0.15, 0.2) is 0 Å². The van der Waals surface area contributed by atoms with Gasteiger partial charge in [0.1, 0.15) is 0 Å². The first-order valence-electron chi connectivity index (χ1n) is 3.73. The molecule has 0 aliphatic carbocycles. The van der Waals surface area contributed by atoms with Gasteiger partial charge in [-0.3, -0.25) is 0 Å². The maximum atomic E-state index is 9.07. The quantitative estimate of drug-likeness (QED) is 0.629. The Morgan fingerprint density at radius 2 is 2.18 bits per heavy atom. The van der Waals surface area contributed by atoms with Gasteiger partial charge in [-0.25, -0.2) is 0 Å². The predicted molar refractivity (Wildman–Crippen MR) is 44.8 cm³/mol. The van der Waals surface area contributed by atoms with Crippen LogP contribution in [0.2, 0.25) is 0 Å². The van der Waals surface area contributed by atoms with Gasteiger partial charge in [0.05, 0.1) is 12.2 Å². The molecule has 2 nitrogen and oxygen atoms in total. The third-order valence-electron chi connectivity index (χ3n) is 1.43. The molecule has 2 heteroatoms. The minimum Gasteiger partial charge on any atom is -0.393 e. The van der Waals surface area contributed by atoms with Gasteiger partial charge in [-0.1, -0.05) is 19.9 Å². The van der Waals surface area contributed by atoms with Gasteiger partial charge >= 0.3 is 0 Å². The Kier molecular flexibility index (Phi) is 3.84. The highest BCUT2D eigenvalue weighted by atomic mass is 16.3. The topological polar surface area (TPSA) is 44.0 Å². The largest absolute Gasteiger partial charge is 0.393 e. The van der Waals surface area contributed by atoms with Crippen LogP contribution in [-0.4, -0.2) is 11.2 Å². The summed E-state index contributed by atoms with van der Waals surface area (Å²) in [6, 6.07) is 1.93. The summed E-state index contributed by atoms with van der Waals surface area (Å²) < 4.78 is 0. The number of hydrogen-bond donors (Lipinski definition) is 1. The molecule has 1 N–H and O–H groups in total. The molecule has 0 aromatic carbocycles. The first-order chi connectivity index (χ1) is 4.98. The molecule has 11 heavy (non-hydrogen) atoms. The van der Waals surface area contributed by atoms with E-state index in [-0.39, 0.29) is 11.5 Å². The molecule has 0 aromatic heterocycles. The van der Waals surface area contributed by atoms with E-state index in [1.807, 2.05) is 26.0 Å². The van der Waals surface area contributed by atoms with Gasteiger partial charge in [0.25, 0.3) is 0 Å². The number of aliphatic hydroxyl groups is 1. The van der Waals surface area contributed by atoms with Crippen LogP contribution >= 0.6 is 0 Å². The maximum Gasteiger partial charge on any atom is 0.0908 e. The van der Waals surface area contributed by atoms with E-state index in [9.17, 15) is 0 Å². The number of nitriles is 1. The van der Waals surface area contributed by atoms with Crippen LogP contribution in [0.1, 0.15) is 27.2 Å². The fourth-order valence-corrected chi connectivity index (χ4v) is 1.09. The van der Waals surface area contributed by atoms with E-state index < -0.39 is 0 Å². The molecular weight excluding hydrogens is 138 g/mol. The third kappa shape index (κ3) is 5.63. The van der Waals surface area contributed by atoms with Crippen molar-refractivity contribution in [3.05, 3.63) is 12.2 Å². The summed E-state index contributed by atoms with van der Waals surface area (Å²) in [7, 11) is 0. The zero-order valence-corrected chi connectivity index (χ0v) is 7.33. The van der Waals surface area contributed by atoms with Crippen molar-refractivity contribution in [1.82, 2.24) is 0 Å². The van der Waals surface area contributed by atoms with Gasteiger partial charge in [0, 0.05) is 6.08 Å². The van der Waals surface area contributed by atoms with Gasteiger partial charge < -0.3 is 5.11 Å². The van der Waals surface area contributed by atoms with Crippen molar-refractivity contribution in [2.75, 3.05) is 0 Å². The number of rotatable bonds is 3. The first kappa shape index (κ1) is 10.2. The smallest absolute Gasteiger partial charge is 0.0908 e. The third-order valence-corrected chi connectivity index (χ3v) is 1.43. The summed E-state index contributed by atoms with van der Waals surface area (Å²) in [5, 5.41) is 17.3. The molecule has 1 atom stereocenters. The van der Waals surface area contributed by atoms with Crippen LogP contribution in [0.15, 0.2) is 12.2 Å². The molecule has 0 aromatic rings. The molecule has 0 saturated heterocycles. The van der Waals surface area contributed by atoms with Crippen molar-refractivity contribution in [2.45, 2.75) is 33.3 Å². The lowest BCUT2D eigenvalue weighted by Crippen LogP contribution is -2.15. The summed E-state index contributed by atoms with van der Waals surface area (Å²) in [4.78, 5) is 0. The monoisotopic (exact) mass is 153 g/mol. The number of aliphatic hydroxyl groups excluding tert-OH is 1. The summed E-state index contributed by atoms with van der Waals surface area (Å²) >= 11 is 0. The van der Waals surface area contributed by atoms with Crippen molar-refractivity contribution < 1.29 is 5.11 Å². The van der Waals surface area contributed by atoms with Crippen LogP contribution in [0.4, 0.5) is 0 Å². The van der Waals surface area contributed by atoms with Crippen LogP contribution in [0.5, 0.6) is 0 Å². The van der Waals surface area contributed by atoms with E-state index in [4.69, 9.17) is 10.4 Å². The zero-order chi connectivity index (χ0) is 8.91. The molecule has 0 fully saturated rings. The Bertz CT molecular complexity index is 174. The van der Waals surface area contributed by atoms with Gasteiger partial charge in [-0.15, -0.1) is 0 Å². The lowest BCUT2D eigenvalue weighted by Gasteiger charge is -2.20. The van der Waals surface area contributed by atoms with Crippen LogP contribution in [0.25, 0.3) is 0 Å². The molecule has 0 radical (unpaired) electrons. The molecule has 0 spiro atoms. The molecule has 0 heterocycles. The second-order valence-electron chi connectivity index (χ2n) is 3.50. The molecule has 0 bridgehead atoms. The fraction of sp³-hybridized carbons (Fsp3) is 0.667. The first-order valence-corrected chi connectivity index (χ1v) is 3.73. The molecule has 0 aliphatic rings. The Labute approximate surface area is 68.2 Å². The van der Waals surface area contributed by atoms with Crippen LogP contribution < -0.4 is 0 Å². The van der Waals surface area contributed by atoms with E-state index in [2.05, 4.69) is 0 Å². The van der Waals surface area contributed by atoms with Crippen molar-refractivity contribution >= 4 is 0 Å². The summed E-state index contributed by atoms with van der Waals surface area (Å²) in [6.07, 6.45) is 3.65. The van der Waals surface area contributed by atoms with Crippen molar-refractivity contribution in [3.63, 3.8) is 0 Å². The predicted octanol–water partition coefficient (Wildman–Crippen LogP) is 1.86. The summed E-state index contributed by atoms with van der Waals surface area (Å²) in [5.41, 5.74) is -0.0795. The molecule has 0 aliphatic heterocycles. The van der Waals surface area contributed by atoms with E-state index >= 15 is 0 Å². The SMILES string of the molecule is CC(O)CC(C)(C)/C=C/C#N. The molecule has 0 amide bonds. The van der Waals surface area contributed by atoms with Crippen LogP contribution in [0, 0.1) is 16.7 Å². The van der Waals surface area contributed by atoms with Crippen molar-refractivity contribution in [2.24, 2.45) is 5.41 Å². The van der Waals surface area contributed by atoms with Crippen LogP contribution in [-0.2, 0) is 0 Å². The molecule has 0 saturated carbocycles. The second kappa shape index (κ2) is 4.15. The van der Waals surface area contributed by atoms with Gasteiger partial charge in [-0.05, 0) is 18.8 Å². The average molecular weight is 153 g/mol. The normalized spacial score (nSPS) is 14.8. The summed E-state index contributed by atoms with van der Waals surface area (Å²) in [5.74, 6) is 0. The maximum absolute atomic E-state index is 9.07. The summed E-state index contributed by atoms with van der Waals surface area (Å²) in [6.45, 7) is 5.74. The molecule has 0 rings (SSSR count). The van der Waals surface area contributed by atoms with E-state index in [0.717, 1.165) is 0 Å². The Morgan fingerprint density at radius 1 is 1.64 bits per heavy atom. The standard InChI is InChI=1S/C9H15NO/c1-8(11)7-9(2,3)5-4-6-10/h4-5,8,11H,7H2,1-3H3/b5-4+. The van der Waals surface area contributed by atoms with Crippen molar-refractivity contribution in [1.29, 1.82) is 5.26 Å². The van der Waals surface area contributed by atoms with Crippen molar-refractivity contribution in [3.8, 4) is 6.07 Å². The average Bonchev–Trinajstić information content (AvgIpc) is 1.81. The molecule has 62 valence electrons. The fourth-order valence-electron chi connectivity index (χ4n) is 1.09. The lowest BCUT2D eigenvalue weighted by molar-refractivity contribution is 0.148. The minimum absolute atomic E-state index is 0.0795. The highest BCUT2D eigenvalue weighted by Gasteiger charge is 2.15.